The third-order valence-electron chi connectivity index (χ3n) is 4.76. The lowest BCUT2D eigenvalue weighted by Crippen LogP contribution is -2.30. The molecule has 0 aliphatic heterocycles. The Morgan fingerprint density at radius 3 is 1.77 bits per heavy atom. The van der Waals surface area contributed by atoms with Gasteiger partial charge in [-0.2, -0.15) is 0 Å². The summed E-state index contributed by atoms with van der Waals surface area (Å²) in [7, 11) is -3.45. The minimum atomic E-state index is -3.45. The van der Waals surface area contributed by atoms with Gasteiger partial charge in [0.25, 0.3) is 0 Å². The van der Waals surface area contributed by atoms with Crippen LogP contribution in [0.1, 0.15) is 24.0 Å². The van der Waals surface area contributed by atoms with Crippen LogP contribution in [0.15, 0.2) is 89.8 Å². The molecular formula is C24H24ClNO3S. The monoisotopic (exact) mass is 441 g/mol. The molecule has 0 radical (unpaired) electrons. The number of benzene rings is 3. The van der Waals surface area contributed by atoms with Crippen molar-refractivity contribution in [2.24, 2.45) is 0 Å². The van der Waals surface area contributed by atoms with Gasteiger partial charge in [0.2, 0.25) is 5.91 Å². The van der Waals surface area contributed by atoms with Gasteiger partial charge in [0.05, 0.1) is 10.6 Å². The third-order valence-corrected chi connectivity index (χ3v) is 6.83. The molecule has 0 unspecified atom stereocenters. The average Bonchev–Trinajstić information content (AvgIpc) is 2.75. The number of hydrogen-bond acceptors (Lipinski definition) is 3. The predicted octanol–water partition coefficient (Wildman–Crippen LogP) is 5.12. The molecule has 0 N–H and O–H groups in total. The Morgan fingerprint density at radius 2 is 1.27 bits per heavy atom. The largest absolute Gasteiger partial charge is 0.334 e. The molecule has 156 valence electrons. The minimum Gasteiger partial charge on any atom is -0.334 e. The first kappa shape index (κ1) is 22.1. The van der Waals surface area contributed by atoms with Gasteiger partial charge < -0.3 is 4.90 Å². The summed E-state index contributed by atoms with van der Waals surface area (Å²) in [5.74, 6) is -0.140. The van der Waals surface area contributed by atoms with E-state index in [2.05, 4.69) is 0 Å². The number of halogens is 1. The number of amides is 1. The van der Waals surface area contributed by atoms with Crippen molar-refractivity contribution in [1.29, 1.82) is 0 Å². The topological polar surface area (TPSA) is 54.5 Å². The van der Waals surface area contributed by atoms with Gasteiger partial charge in [-0.3, -0.25) is 4.79 Å². The third kappa shape index (κ3) is 6.44. The zero-order valence-electron chi connectivity index (χ0n) is 16.6. The second kappa shape index (κ2) is 10.4. The molecule has 0 saturated carbocycles. The Morgan fingerprint density at radius 1 is 0.767 bits per heavy atom. The SMILES string of the molecule is O=C(CCCS(=O)(=O)c1ccc(Cl)cc1)N(Cc1ccccc1)Cc1ccccc1. The lowest BCUT2D eigenvalue weighted by Gasteiger charge is -2.23. The number of sulfone groups is 1. The predicted molar refractivity (Wildman–Crippen MR) is 120 cm³/mol. The van der Waals surface area contributed by atoms with Gasteiger partial charge in [-0.15, -0.1) is 0 Å². The summed E-state index contributed by atoms with van der Waals surface area (Å²) in [6, 6.07) is 25.7. The maximum atomic E-state index is 12.9. The smallest absolute Gasteiger partial charge is 0.223 e. The average molecular weight is 442 g/mol. The van der Waals surface area contributed by atoms with Crippen LogP contribution >= 0.6 is 11.6 Å². The Labute approximate surface area is 183 Å². The van der Waals surface area contributed by atoms with E-state index in [-0.39, 0.29) is 29.4 Å². The number of hydrogen-bond donors (Lipinski definition) is 0. The van der Waals surface area contributed by atoms with Crippen LogP contribution in [0.4, 0.5) is 0 Å². The van der Waals surface area contributed by atoms with E-state index in [9.17, 15) is 13.2 Å². The van der Waals surface area contributed by atoms with Crippen LogP contribution in [-0.2, 0) is 27.7 Å². The van der Waals surface area contributed by atoms with Crippen LogP contribution in [0.25, 0.3) is 0 Å². The fraction of sp³-hybridized carbons (Fsp3) is 0.208. The summed E-state index contributed by atoms with van der Waals surface area (Å²) in [4.78, 5) is 14.9. The standard InChI is InChI=1S/C24H24ClNO3S/c25-22-13-15-23(16-14-22)30(28,29)17-7-12-24(27)26(18-20-8-3-1-4-9-20)19-21-10-5-2-6-11-21/h1-6,8-11,13-16H,7,12,17-19H2. The maximum absolute atomic E-state index is 12.9. The van der Waals surface area contributed by atoms with Gasteiger partial charge in [0.1, 0.15) is 0 Å². The van der Waals surface area contributed by atoms with Crippen molar-refractivity contribution in [1.82, 2.24) is 4.90 Å². The van der Waals surface area contributed by atoms with Gasteiger partial charge in [0, 0.05) is 24.5 Å². The first-order valence-electron chi connectivity index (χ1n) is 9.78. The van der Waals surface area contributed by atoms with Crippen molar-refractivity contribution in [3.8, 4) is 0 Å². The number of carbonyl (C=O) groups excluding carboxylic acids is 1. The molecule has 4 nitrogen and oxygen atoms in total. The molecule has 0 bridgehead atoms. The highest BCUT2D eigenvalue weighted by Gasteiger charge is 2.18. The number of carbonyl (C=O) groups is 1. The summed E-state index contributed by atoms with van der Waals surface area (Å²) in [5, 5.41) is 0.488. The van der Waals surface area contributed by atoms with Gasteiger partial charge in [-0.25, -0.2) is 8.42 Å². The Hall–Kier alpha value is -2.63. The molecule has 3 aromatic carbocycles. The van der Waals surface area contributed by atoms with Gasteiger partial charge >= 0.3 is 0 Å². The van der Waals surface area contributed by atoms with Gasteiger partial charge in [-0.1, -0.05) is 72.3 Å². The first-order chi connectivity index (χ1) is 14.4. The van der Waals surface area contributed by atoms with Crippen molar-refractivity contribution in [2.75, 3.05) is 5.75 Å². The summed E-state index contributed by atoms with van der Waals surface area (Å²) >= 11 is 5.83. The summed E-state index contributed by atoms with van der Waals surface area (Å²) in [6.45, 7) is 0.969. The van der Waals surface area contributed by atoms with E-state index in [1.807, 2.05) is 60.7 Å². The molecule has 0 saturated heterocycles. The highest BCUT2D eigenvalue weighted by atomic mass is 35.5. The van der Waals surface area contributed by atoms with E-state index >= 15 is 0 Å². The van der Waals surface area contributed by atoms with Crippen molar-refractivity contribution in [3.63, 3.8) is 0 Å². The molecule has 3 aromatic rings. The molecule has 0 heterocycles. The summed E-state index contributed by atoms with van der Waals surface area (Å²) in [6.07, 6.45) is 0.441. The Kier molecular flexibility index (Phi) is 7.66. The zero-order valence-corrected chi connectivity index (χ0v) is 18.1. The van der Waals surface area contributed by atoms with Crippen LogP contribution < -0.4 is 0 Å². The minimum absolute atomic E-state index is 0.0611. The lowest BCUT2D eigenvalue weighted by molar-refractivity contribution is -0.132. The lowest BCUT2D eigenvalue weighted by atomic mass is 10.1. The maximum Gasteiger partial charge on any atom is 0.223 e. The zero-order chi connectivity index (χ0) is 21.4. The van der Waals surface area contributed by atoms with Crippen molar-refractivity contribution < 1.29 is 13.2 Å². The van der Waals surface area contributed by atoms with Gasteiger partial charge in [0.15, 0.2) is 9.84 Å². The molecule has 6 heteroatoms. The molecule has 30 heavy (non-hydrogen) atoms. The van der Waals surface area contributed by atoms with Crippen LogP contribution in [0, 0.1) is 0 Å². The van der Waals surface area contributed by atoms with E-state index in [0.717, 1.165) is 11.1 Å². The Balaban J connectivity index is 1.64. The molecule has 1 amide bonds. The molecular weight excluding hydrogens is 418 g/mol. The van der Waals surface area contributed by atoms with Gasteiger partial charge in [-0.05, 0) is 41.8 Å². The molecule has 3 rings (SSSR count). The van der Waals surface area contributed by atoms with E-state index in [4.69, 9.17) is 11.6 Å². The number of rotatable bonds is 9. The van der Waals surface area contributed by atoms with Crippen molar-refractivity contribution in [3.05, 3.63) is 101 Å². The van der Waals surface area contributed by atoms with E-state index in [1.165, 1.54) is 12.1 Å². The second-order valence-electron chi connectivity index (χ2n) is 7.10. The summed E-state index contributed by atoms with van der Waals surface area (Å²) < 4.78 is 25.0. The van der Waals surface area contributed by atoms with Crippen LogP contribution in [-0.4, -0.2) is 25.0 Å². The number of nitrogens with zero attached hydrogens (tertiary/aromatic N) is 1. The highest BCUT2D eigenvalue weighted by Crippen LogP contribution is 2.17. The first-order valence-corrected chi connectivity index (χ1v) is 11.8. The highest BCUT2D eigenvalue weighted by molar-refractivity contribution is 7.91. The van der Waals surface area contributed by atoms with Crippen molar-refractivity contribution in [2.45, 2.75) is 30.8 Å². The second-order valence-corrected chi connectivity index (χ2v) is 9.64. The molecule has 0 fully saturated rings. The van der Waals surface area contributed by atoms with E-state index in [1.54, 1.807) is 17.0 Å². The van der Waals surface area contributed by atoms with E-state index < -0.39 is 9.84 Å². The fourth-order valence-electron chi connectivity index (χ4n) is 3.17. The molecule has 0 aromatic heterocycles. The Bertz CT molecular complexity index is 1010. The van der Waals surface area contributed by atoms with Crippen LogP contribution in [0.5, 0.6) is 0 Å². The quantitative estimate of drug-likeness (QED) is 0.463. The fourth-order valence-corrected chi connectivity index (χ4v) is 4.61. The van der Waals surface area contributed by atoms with Crippen molar-refractivity contribution >= 4 is 27.3 Å². The van der Waals surface area contributed by atoms with Crippen LogP contribution in [0.2, 0.25) is 5.02 Å². The summed E-state index contributed by atoms with van der Waals surface area (Å²) in [5.41, 5.74) is 2.08. The normalized spacial score (nSPS) is 11.2. The van der Waals surface area contributed by atoms with Crippen LogP contribution in [0.3, 0.4) is 0 Å². The molecule has 0 aliphatic carbocycles. The molecule has 0 atom stereocenters. The van der Waals surface area contributed by atoms with E-state index in [0.29, 0.717) is 18.1 Å². The molecule has 0 aliphatic rings. The molecule has 0 spiro atoms.